The van der Waals surface area contributed by atoms with E-state index in [0.717, 1.165) is 45.1 Å². The summed E-state index contributed by atoms with van der Waals surface area (Å²) in [5, 5.41) is 7.32. The van der Waals surface area contributed by atoms with Gasteiger partial charge < -0.3 is 20.4 Å². The van der Waals surface area contributed by atoms with E-state index in [1.54, 1.807) is 0 Å². The predicted octanol–water partition coefficient (Wildman–Crippen LogP) is 5.13. The number of rotatable bonds is 11. The van der Waals surface area contributed by atoms with Crippen molar-refractivity contribution < 1.29 is 0 Å². The fraction of sp³-hybridized carbons (Fsp3) is 0.852. The third kappa shape index (κ3) is 7.54. The molecule has 6 heteroatoms. The van der Waals surface area contributed by atoms with E-state index in [9.17, 15) is 0 Å². The summed E-state index contributed by atoms with van der Waals surface area (Å²) in [6.07, 6.45) is 18.5. The summed E-state index contributed by atoms with van der Waals surface area (Å²) >= 11 is 0. The zero-order chi connectivity index (χ0) is 22.7. The van der Waals surface area contributed by atoms with Crippen molar-refractivity contribution in [3.8, 4) is 0 Å². The Balaban J connectivity index is 1.32. The van der Waals surface area contributed by atoms with Crippen molar-refractivity contribution in [1.82, 2.24) is 20.2 Å². The highest BCUT2D eigenvalue weighted by Gasteiger charge is 2.25. The highest BCUT2D eigenvalue weighted by atomic mass is 15.3. The van der Waals surface area contributed by atoms with Gasteiger partial charge in [0.25, 0.3) is 0 Å². The van der Waals surface area contributed by atoms with Gasteiger partial charge in [-0.2, -0.15) is 4.98 Å². The molecule has 2 saturated heterocycles. The summed E-state index contributed by atoms with van der Waals surface area (Å²) in [4.78, 5) is 15.4. The summed E-state index contributed by atoms with van der Waals surface area (Å²) in [6.45, 7) is 10.2. The lowest BCUT2D eigenvalue weighted by molar-refractivity contribution is 0.211. The Bertz CT molecular complexity index is 700. The topological polar surface area (TPSA) is 56.3 Å². The van der Waals surface area contributed by atoms with Gasteiger partial charge in [-0.1, -0.05) is 58.3 Å². The van der Waals surface area contributed by atoms with E-state index < -0.39 is 0 Å². The molecule has 186 valence electrons. The molecule has 0 aromatic carbocycles. The van der Waals surface area contributed by atoms with E-state index >= 15 is 0 Å². The van der Waals surface area contributed by atoms with Crippen LogP contribution in [0.3, 0.4) is 0 Å². The molecule has 4 heterocycles. The highest BCUT2D eigenvalue weighted by Crippen LogP contribution is 2.28. The lowest BCUT2D eigenvalue weighted by Gasteiger charge is -2.34. The Kier molecular flexibility index (Phi) is 10.1. The van der Waals surface area contributed by atoms with Crippen LogP contribution in [0.4, 0.5) is 11.8 Å². The van der Waals surface area contributed by atoms with Gasteiger partial charge in [0, 0.05) is 50.7 Å². The maximum absolute atomic E-state index is 5.13. The minimum atomic E-state index is 0.472. The van der Waals surface area contributed by atoms with Crippen molar-refractivity contribution in [2.75, 3.05) is 49.5 Å². The maximum atomic E-state index is 5.13. The van der Waals surface area contributed by atoms with E-state index in [4.69, 9.17) is 9.97 Å². The molecule has 3 aliphatic heterocycles. The third-order valence-electron chi connectivity index (χ3n) is 7.73. The first-order valence-corrected chi connectivity index (χ1v) is 14.2. The second-order valence-electron chi connectivity index (χ2n) is 10.5. The van der Waals surface area contributed by atoms with Crippen LogP contribution in [0, 0.1) is 0 Å². The number of fused-ring (bicyclic) bond motifs is 1. The van der Waals surface area contributed by atoms with Crippen molar-refractivity contribution >= 4 is 11.8 Å². The number of nitrogens with one attached hydrogen (secondary N) is 2. The molecule has 6 nitrogen and oxygen atoms in total. The Morgan fingerprint density at radius 1 is 0.909 bits per heavy atom. The highest BCUT2D eigenvalue weighted by molar-refractivity contribution is 5.54. The van der Waals surface area contributed by atoms with E-state index in [1.165, 1.54) is 114 Å². The minimum absolute atomic E-state index is 0.472. The second kappa shape index (κ2) is 13.5. The summed E-state index contributed by atoms with van der Waals surface area (Å²) in [5.74, 6) is 2.07. The molecule has 1 atom stereocenters. The van der Waals surface area contributed by atoms with E-state index in [1.807, 2.05) is 0 Å². The molecule has 33 heavy (non-hydrogen) atoms. The zero-order valence-electron chi connectivity index (χ0n) is 21.2. The molecule has 0 aliphatic carbocycles. The summed E-state index contributed by atoms with van der Waals surface area (Å²) < 4.78 is 0. The number of piperidine rings is 1. The smallest absolute Gasteiger partial charge is 0.225 e. The molecular weight excluding hydrogens is 408 g/mol. The number of likely N-dealkylation sites (tertiary alicyclic amines) is 1. The Morgan fingerprint density at radius 3 is 2.52 bits per heavy atom. The van der Waals surface area contributed by atoms with Crippen molar-refractivity contribution in [3.05, 3.63) is 11.3 Å². The van der Waals surface area contributed by atoms with Crippen LogP contribution in [-0.4, -0.2) is 60.2 Å². The van der Waals surface area contributed by atoms with Gasteiger partial charge >= 0.3 is 0 Å². The Labute approximate surface area is 202 Å². The van der Waals surface area contributed by atoms with Crippen LogP contribution in [0.5, 0.6) is 0 Å². The van der Waals surface area contributed by atoms with Crippen LogP contribution in [0.25, 0.3) is 0 Å². The van der Waals surface area contributed by atoms with Crippen LogP contribution in [0.1, 0.15) is 102 Å². The minimum Gasteiger partial charge on any atom is -0.356 e. The van der Waals surface area contributed by atoms with Gasteiger partial charge in [0.15, 0.2) is 0 Å². The first-order valence-electron chi connectivity index (χ1n) is 14.2. The van der Waals surface area contributed by atoms with Gasteiger partial charge in [-0.3, -0.25) is 0 Å². The molecular formula is C27H48N6. The standard InChI is InChI=1S/C27H48N6/c1-2-3-4-5-6-7-10-17-32-18-13-14-23(22-32)29-27-30-25-15-16-28-21-24(25)26(31-27)33-19-11-8-9-12-20-33/h23,28H,2-22H2,1H3,(H,29,30,31). The number of anilines is 2. The van der Waals surface area contributed by atoms with Crippen molar-refractivity contribution in [2.24, 2.45) is 0 Å². The maximum Gasteiger partial charge on any atom is 0.225 e. The van der Waals surface area contributed by atoms with Gasteiger partial charge in [0.1, 0.15) is 5.82 Å². The molecule has 0 radical (unpaired) electrons. The third-order valence-corrected chi connectivity index (χ3v) is 7.73. The number of unbranched alkanes of at least 4 members (excludes halogenated alkanes) is 6. The zero-order valence-corrected chi connectivity index (χ0v) is 21.2. The number of hydrogen-bond acceptors (Lipinski definition) is 6. The molecule has 2 N–H and O–H groups in total. The molecule has 1 aromatic heterocycles. The van der Waals surface area contributed by atoms with Gasteiger partial charge in [-0.25, -0.2) is 4.98 Å². The molecule has 1 unspecified atom stereocenters. The fourth-order valence-electron chi connectivity index (χ4n) is 5.79. The van der Waals surface area contributed by atoms with Gasteiger partial charge in [0.05, 0.1) is 5.69 Å². The van der Waals surface area contributed by atoms with Crippen LogP contribution in [0.15, 0.2) is 0 Å². The molecule has 4 rings (SSSR count). The average Bonchev–Trinajstić information content (AvgIpc) is 3.13. The monoisotopic (exact) mass is 456 g/mol. The Morgan fingerprint density at radius 2 is 1.70 bits per heavy atom. The van der Waals surface area contributed by atoms with Crippen molar-refractivity contribution in [3.63, 3.8) is 0 Å². The average molecular weight is 457 g/mol. The predicted molar refractivity (Wildman–Crippen MR) is 139 cm³/mol. The summed E-state index contributed by atoms with van der Waals surface area (Å²) in [6, 6.07) is 0.472. The molecule has 1 aromatic rings. The van der Waals surface area contributed by atoms with Crippen LogP contribution in [0.2, 0.25) is 0 Å². The quantitative estimate of drug-likeness (QED) is 0.450. The van der Waals surface area contributed by atoms with Gasteiger partial charge in [-0.15, -0.1) is 0 Å². The lowest BCUT2D eigenvalue weighted by Crippen LogP contribution is -2.43. The first-order chi connectivity index (χ1) is 16.3. The van der Waals surface area contributed by atoms with Crippen molar-refractivity contribution in [1.29, 1.82) is 0 Å². The van der Waals surface area contributed by atoms with Crippen LogP contribution in [-0.2, 0) is 13.0 Å². The Hall–Kier alpha value is -1.40. The first kappa shape index (κ1) is 24.7. The SMILES string of the molecule is CCCCCCCCCN1CCCC(Nc2nc3c(c(N4CCCCCC4)n2)CNCC3)C1. The summed E-state index contributed by atoms with van der Waals surface area (Å²) in [5.41, 5.74) is 2.61. The molecule has 2 fully saturated rings. The number of hydrogen-bond donors (Lipinski definition) is 2. The normalized spacial score (nSPS) is 22.1. The van der Waals surface area contributed by atoms with Gasteiger partial charge in [0.2, 0.25) is 5.95 Å². The van der Waals surface area contributed by atoms with Crippen LogP contribution < -0.4 is 15.5 Å². The molecule has 0 amide bonds. The summed E-state index contributed by atoms with van der Waals surface area (Å²) in [7, 11) is 0. The van der Waals surface area contributed by atoms with E-state index in [-0.39, 0.29) is 0 Å². The van der Waals surface area contributed by atoms with E-state index in [2.05, 4.69) is 27.4 Å². The van der Waals surface area contributed by atoms with Crippen molar-refractivity contribution in [2.45, 2.75) is 109 Å². The molecule has 0 saturated carbocycles. The fourth-order valence-corrected chi connectivity index (χ4v) is 5.79. The van der Waals surface area contributed by atoms with Crippen LogP contribution >= 0.6 is 0 Å². The molecule has 0 bridgehead atoms. The molecule has 0 spiro atoms. The lowest BCUT2D eigenvalue weighted by atomic mass is 10.0. The second-order valence-corrected chi connectivity index (χ2v) is 10.5. The molecule has 3 aliphatic rings. The largest absolute Gasteiger partial charge is 0.356 e. The number of nitrogens with zero attached hydrogens (tertiary/aromatic N) is 4. The van der Waals surface area contributed by atoms with Gasteiger partial charge in [-0.05, 0) is 45.2 Å². The van der Waals surface area contributed by atoms with E-state index in [0.29, 0.717) is 6.04 Å². The number of aromatic nitrogens is 2.